The van der Waals surface area contributed by atoms with Crippen molar-refractivity contribution in [2.45, 2.75) is 31.0 Å². The molecule has 0 aliphatic rings. The third-order valence-corrected chi connectivity index (χ3v) is 5.43. The lowest BCUT2D eigenvalue weighted by molar-refractivity contribution is 0.107. The van der Waals surface area contributed by atoms with Crippen LogP contribution < -0.4 is 0 Å². The van der Waals surface area contributed by atoms with Crippen LogP contribution in [0.25, 0.3) is 5.69 Å². The topological polar surface area (TPSA) is 50.9 Å². The van der Waals surface area contributed by atoms with Crippen molar-refractivity contribution in [1.82, 2.24) is 14.8 Å². The van der Waals surface area contributed by atoms with Gasteiger partial charge in [0.05, 0.1) is 5.60 Å². The maximum absolute atomic E-state index is 9.98. The van der Waals surface area contributed by atoms with Gasteiger partial charge in [-0.1, -0.05) is 36.0 Å². The number of aromatic nitrogens is 3. The third-order valence-electron chi connectivity index (χ3n) is 3.18. The first-order chi connectivity index (χ1) is 11.0. The number of para-hydroxylation sites is 1. The van der Waals surface area contributed by atoms with Crippen LogP contribution >= 0.6 is 23.1 Å². The summed E-state index contributed by atoms with van der Waals surface area (Å²) >= 11 is 3.25. The molecule has 0 unspecified atom stereocenters. The quantitative estimate of drug-likeness (QED) is 0.691. The van der Waals surface area contributed by atoms with E-state index in [4.69, 9.17) is 0 Å². The lowest BCUT2D eigenvalue weighted by Crippen LogP contribution is -2.22. The molecule has 3 rings (SSSR count). The van der Waals surface area contributed by atoms with Crippen LogP contribution in [-0.4, -0.2) is 31.2 Å². The standard InChI is InChI=1S/C17H19N3OS2/c1-17(2,21)12-23-16-19-18-15(11-14-9-6-10-22-14)20(16)13-7-4-3-5-8-13/h3-10,21H,11-12H2,1-2H3. The van der Waals surface area contributed by atoms with Gasteiger partial charge in [0.1, 0.15) is 5.82 Å². The van der Waals surface area contributed by atoms with Crippen LogP contribution in [-0.2, 0) is 6.42 Å². The molecule has 23 heavy (non-hydrogen) atoms. The fraction of sp³-hybridized carbons (Fsp3) is 0.294. The Bertz CT molecular complexity index is 746. The van der Waals surface area contributed by atoms with Crippen molar-refractivity contribution < 1.29 is 5.11 Å². The first kappa shape index (κ1) is 16.2. The Labute approximate surface area is 144 Å². The number of benzene rings is 1. The zero-order valence-corrected chi connectivity index (χ0v) is 14.8. The van der Waals surface area contributed by atoms with E-state index in [1.807, 2.05) is 24.3 Å². The van der Waals surface area contributed by atoms with Crippen molar-refractivity contribution in [3.8, 4) is 5.69 Å². The Morgan fingerprint density at radius 2 is 1.91 bits per heavy atom. The van der Waals surface area contributed by atoms with Crippen LogP contribution in [0.15, 0.2) is 53.0 Å². The number of nitrogens with zero attached hydrogens (tertiary/aromatic N) is 3. The summed E-state index contributed by atoms with van der Waals surface area (Å²) in [5.74, 6) is 1.48. The van der Waals surface area contributed by atoms with Crippen molar-refractivity contribution in [3.05, 3.63) is 58.5 Å². The Hall–Kier alpha value is -1.63. The zero-order valence-electron chi connectivity index (χ0n) is 13.1. The fourth-order valence-corrected chi connectivity index (χ4v) is 3.78. The minimum Gasteiger partial charge on any atom is -0.390 e. The highest BCUT2D eigenvalue weighted by Gasteiger charge is 2.19. The summed E-state index contributed by atoms with van der Waals surface area (Å²) < 4.78 is 2.08. The summed E-state index contributed by atoms with van der Waals surface area (Å²) in [7, 11) is 0. The minimum atomic E-state index is -0.744. The first-order valence-electron chi connectivity index (χ1n) is 7.40. The second-order valence-corrected chi connectivity index (χ2v) is 7.90. The highest BCUT2D eigenvalue weighted by molar-refractivity contribution is 7.99. The van der Waals surface area contributed by atoms with Crippen LogP contribution in [0.2, 0.25) is 0 Å². The summed E-state index contributed by atoms with van der Waals surface area (Å²) in [6, 6.07) is 14.3. The monoisotopic (exact) mass is 345 g/mol. The van der Waals surface area contributed by atoms with Gasteiger partial charge in [-0.05, 0) is 37.4 Å². The van der Waals surface area contributed by atoms with Gasteiger partial charge in [-0.25, -0.2) is 0 Å². The van der Waals surface area contributed by atoms with Gasteiger partial charge in [0.15, 0.2) is 5.16 Å². The average Bonchev–Trinajstić information content (AvgIpc) is 3.15. The predicted octanol–water partition coefficient (Wildman–Crippen LogP) is 3.78. The summed E-state index contributed by atoms with van der Waals surface area (Å²) in [5.41, 5.74) is 0.300. The second-order valence-electron chi connectivity index (χ2n) is 5.93. The molecule has 6 heteroatoms. The molecule has 2 aromatic heterocycles. The van der Waals surface area contributed by atoms with Crippen LogP contribution in [0, 0.1) is 0 Å². The Morgan fingerprint density at radius 1 is 1.13 bits per heavy atom. The number of rotatable bonds is 6. The number of hydrogen-bond acceptors (Lipinski definition) is 5. The Morgan fingerprint density at radius 3 is 2.57 bits per heavy atom. The minimum absolute atomic E-state index is 0.566. The molecular weight excluding hydrogens is 326 g/mol. The van der Waals surface area contributed by atoms with Gasteiger partial charge in [0, 0.05) is 22.7 Å². The molecule has 0 fully saturated rings. The Balaban J connectivity index is 1.95. The molecule has 120 valence electrons. The number of aliphatic hydroxyl groups is 1. The van der Waals surface area contributed by atoms with E-state index in [0.29, 0.717) is 5.75 Å². The molecule has 0 atom stereocenters. The predicted molar refractivity (Wildman–Crippen MR) is 95.5 cm³/mol. The molecule has 0 saturated carbocycles. The van der Waals surface area contributed by atoms with Crippen molar-refractivity contribution >= 4 is 23.1 Å². The molecule has 0 aliphatic heterocycles. The number of thioether (sulfide) groups is 1. The van der Waals surface area contributed by atoms with E-state index in [1.165, 1.54) is 16.6 Å². The van der Waals surface area contributed by atoms with Gasteiger partial charge in [-0.2, -0.15) is 0 Å². The zero-order chi connectivity index (χ0) is 16.3. The third kappa shape index (κ3) is 4.22. The van der Waals surface area contributed by atoms with Gasteiger partial charge in [0.25, 0.3) is 0 Å². The van der Waals surface area contributed by atoms with E-state index in [9.17, 15) is 5.11 Å². The van der Waals surface area contributed by atoms with Crippen LogP contribution in [0.4, 0.5) is 0 Å². The van der Waals surface area contributed by atoms with E-state index < -0.39 is 5.60 Å². The van der Waals surface area contributed by atoms with Gasteiger partial charge < -0.3 is 5.11 Å². The summed E-state index contributed by atoms with van der Waals surface area (Å²) in [4.78, 5) is 1.26. The summed E-state index contributed by atoms with van der Waals surface area (Å²) in [6.45, 7) is 3.60. The highest BCUT2D eigenvalue weighted by Crippen LogP contribution is 2.26. The molecule has 0 bridgehead atoms. The molecule has 0 amide bonds. The first-order valence-corrected chi connectivity index (χ1v) is 9.27. The van der Waals surface area contributed by atoms with E-state index in [-0.39, 0.29) is 0 Å². The maximum atomic E-state index is 9.98. The molecule has 0 saturated heterocycles. The van der Waals surface area contributed by atoms with Crippen molar-refractivity contribution in [1.29, 1.82) is 0 Å². The van der Waals surface area contributed by atoms with Gasteiger partial charge in [-0.15, -0.1) is 21.5 Å². The van der Waals surface area contributed by atoms with E-state index >= 15 is 0 Å². The van der Waals surface area contributed by atoms with Crippen molar-refractivity contribution in [2.24, 2.45) is 0 Å². The second kappa shape index (κ2) is 6.86. The number of thiophene rings is 1. The highest BCUT2D eigenvalue weighted by atomic mass is 32.2. The van der Waals surface area contributed by atoms with Crippen LogP contribution in [0.5, 0.6) is 0 Å². The molecule has 0 radical (unpaired) electrons. The van der Waals surface area contributed by atoms with E-state index in [0.717, 1.165) is 23.1 Å². The molecule has 0 aliphatic carbocycles. The molecule has 0 spiro atoms. The number of hydrogen-bond donors (Lipinski definition) is 1. The van der Waals surface area contributed by atoms with Gasteiger partial charge >= 0.3 is 0 Å². The van der Waals surface area contributed by atoms with Gasteiger partial charge in [-0.3, -0.25) is 4.57 Å². The largest absolute Gasteiger partial charge is 0.390 e. The smallest absolute Gasteiger partial charge is 0.195 e. The fourth-order valence-electron chi connectivity index (χ4n) is 2.15. The average molecular weight is 345 g/mol. The molecule has 4 nitrogen and oxygen atoms in total. The van der Waals surface area contributed by atoms with Gasteiger partial charge in [0.2, 0.25) is 0 Å². The molecule has 1 N–H and O–H groups in total. The molecule has 3 aromatic rings. The Kier molecular flexibility index (Phi) is 4.84. The summed E-state index contributed by atoms with van der Waals surface area (Å²) in [6.07, 6.45) is 0.753. The molecule has 1 aromatic carbocycles. The van der Waals surface area contributed by atoms with Crippen LogP contribution in [0.1, 0.15) is 24.5 Å². The lowest BCUT2D eigenvalue weighted by Gasteiger charge is -2.16. The normalized spacial score (nSPS) is 11.8. The maximum Gasteiger partial charge on any atom is 0.195 e. The molecular formula is C17H19N3OS2. The van der Waals surface area contributed by atoms with Crippen molar-refractivity contribution in [3.63, 3.8) is 0 Å². The summed E-state index contributed by atoms with van der Waals surface area (Å²) in [5, 5.41) is 21.6. The lowest BCUT2D eigenvalue weighted by atomic mass is 10.2. The van der Waals surface area contributed by atoms with Crippen molar-refractivity contribution in [2.75, 3.05) is 5.75 Å². The van der Waals surface area contributed by atoms with Crippen LogP contribution in [0.3, 0.4) is 0 Å². The molecule has 2 heterocycles. The SMILES string of the molecule is CC(C)(O)CSc1nnc(Cc2cccs2)n1-c1ccccc1. The van der Waals surface area contributed by atoms with E-state index in [1.54, 1.807) is 25.2 Å². The van der Waals surface area contributed by atoms with E-state index in [2.05, 4.69) is 38.3 Å².